The molecule has 1 fully saturated rings. The molecule has 238 valence electrons. The number of nitrogens with one attached hydrogen (secondary N) is 1. The number of ether oxygens (including phenoxy) is 2. The van der Waals surface area contributed by atoms with Crippen molar-refractivity contribution in [2.45, 2.75) is 38.0 Å². The number of rotatable bonds is 14. The number of methoxy groups -OCH3 is 1. The number of carbonyl (C=O) groups excluding carboxylic acids is 2. The number of carbonyl (C=O) groups is 2. The van der Waals surface area contributed by atoms with Crippen LogP contribution in [0.15, 0.2) is 65.1 Å². The van der Waals surface area contributed by atoms with Crippen molar-refractivity contribution >= 4 is 38.6 Å². The number of benzene rings is 3. The van der Waals surface area contributed by atoms with Gasteiger partial charge in [-0.3, -0.25) is 9.10 Å². The third kappa shape index (κ3) is 7.54. The molecule has 3 aromatic carbocycles. The predicted octanol–water partition coefficient (Wildman–Crippen LogP) is 6.07. The topological polar surface area (TPSA) is 115 Å². The van der Waals surface area contributed by atoms with Gasteiger partial charge >= 0.3 is 5.97 Å². The number of nitrogens with zero attached hydrogens (tertiary/aromatic N) is 1. The van der Waals surface area contributed by atoms with Gasteiger partial charge in [-0.05, 0) is 91.6 Å². The van der Waals surface area contributed by atoms with Crippen LogP contribution in [0.3, 0.4) is 0 Å². The lowest BCUT2D eigenvalue weighted by atomic mass is 10.0. The zero-order valence-corrected chi connectivity index (χ0v) is 26.4. The van der Waals surface area contributed by atoms with Crippen molar-refractivity contribution in [2.24, 2.45) is 0 Å². The molecular weight excluding hydrogens is 599 g/mol. The van der Waals surface area contributed by atoms with Gasteiger partial charge in [-0.25, -0.2) is 17.6 Å². The summed E-state index contributed by atoms with van der Waals surface area (Å²) in [7, 11) is -0.802. The smallest absolute Gasteiger partial charge is 0.337 e. The summed E-state index contributed by atoms with van der Waals surface area (Å²) >= 11 is 0. The molecule has 1 aliphatic rings. The Morgan fingerprint density at radius 2 is 1.73 bits per heavy atom. The van der Waals surface area contributed by atoms with E-state index in [2.05, 4.69) is 5.32 Å². The zero-order valence-electron chi connectivity index (χ0n) is 25.6. The second-order valence-electron chi connectivity index (χ2n) is 11.2. The number of amides is 1. The number of unbranched alkanes of at least 4 members (excludes halogenated alkanes) is 1. The number of furan rings is 1. The summed E-state index contributed by atoms with van der Waals surface area (Å²) < 4.78 is 57.9. The van der Waals surface area contributed by atoms with E-state index >= 15 is 0 Å². The maximum absolute atomic E-state index is 13.6. The first-order valence-corrected chi connectivity index (χ1v) is 16.8. The molecule has 0 saturated heterocycles. The van der Waals surface area contributed by atoms with E-state index in [0.29, 0.717) is 40.0 Å². The molecule has 11 heteroatoms. The molecule has 1 heterocycles. The van der Waals surface area contributed by atoms with E-state index in [9.17, 15) is 22.4 Å². The molecule has 0 aliphatic heterocycles. The van der Waals surface area contributed by atoms with Gasteiger partial charge in [0.25, 0.3) is 5.91 Å². The monoisotopic (exact) mass is 636 g/mol. The Morgan fingerprint density at radius 1 is 1.02 bits per heavy atom. The van der Waals surface area contributed by atoms with Crippen molar-refractivity contribution in [1.29, 1.82) is 0 Å². The lowest BCUT2D eigenvalue weighted by molar-refractivity contribution is 0.0600. The Hall–Kier alpha value is -4.22. The fourth-order valence-electron chi connectivity index (χ4n) is 5.41. The van der Waals surface area contributed by atoms with Gasteiger partial charge < -0.3 is 19.2 Å². The van der Waals surface area contributed by atoms with Crippen molar-refractivity contribution < 1.29 is 36.3 Å². The lowest BCUT2D eigenvalue weighted by Gasteiger charge is -2.25. The zero-order chi connectivity index (χ0) is 32.1. The van der Waals surface area contributed by atoms with E-state index in [1.165, 1.54) is 36.9 Å². The molecule has 4 aromatic rings. The van der Waals surface area contributed by atoms with Crippen molar-refractivity contribution in [3.05, 3.63) is 88.7 Å². The quantitative estimate of drug-likeness (QED) is 0.132. The van der Waals surface area contributed by atoms with Crippen molar-refractivity contribution in [3.8, 4) is 11.3 Å². The molecule has 1 N–H and O–H groups in total. The maximum Gasteiger partial charge on any atom is 0.337 e. The van der Waals surface area contributed by atoms with Crippen LogP contribution in [0.2, 0.25) is 0 Å². The van der Waals surface area contributed by atoms with E-state index in [-0.39, 0.29) is 36.7 Å². The highest BCUT2D eigenvalue weighted by Crippen LogP contribution is 2.48. The number of hydrogen-bond acceptors (Lipinski definition) is 7. The average Bonchev–Trinajstić information content (AvgIpc) is 3.81. The van der Waals surface area contributed by atoms with Crippen LogP contribution in [0.25, 0.3) is 22.3 Å². The molecule has 0 unspecified atom stereocenters. The third-order valence-electron chi connectivity index (χ3n) is 7.90. The largest absolute Gasteiger partial charge is 0.465 e. The van der Waals surface area contributed by atoms with Gasteiger partial charge in [0.1, 0.15) is 17.2 Å². The predicted molar refractivity (Wildman–Crippen MR) is 171 cm³/mol. The van der Waals surface area contributed by atoms with E-state index in [4.69, 9.17) is 13.9 Å². The van der Waals surface area contributed by atoms with Crippen LogP contribution < -0.4 is 9.62 Å². The highest BCUT2D eigenvalue weighted by molar-refractivity contribution is 7.92. The fraction of sp³-hybridized carbons (Fsp3) is 0.353. The Labute approximate surface area is 262 Å². The van der Waals surface area contributed by atoms with Crippen molar-refractivity contribution in [2.75, 3.05) is 44.5 Å². The maximum atomic E-state index is 13.6. The summed E-state index contributed by atoms with van der Waals surface area (Å²) in [6.45, 7) is 0.791. The van der Waals surface area contributed by atoms with Crippen LogP contribution in [0, 0.1) is 5.82 Å². The molecule has 1 saturated carbocycles. The van der Waals surface area contributed by atoms with Crippen LogP contribution in [-0.4, -0.2) is 60.5 Å². The lowest BCUT2D eigenvalue weighted by Crippen LogP contribution is -2.34. The number of hydrogen-bond donors (Lipinski definition) is 1. The fourth-order valence-corrected chi connectivity index (χ4v) is 6.34. The van der Waals surface area contributed by atoms with Crippen LogP contribution in [0.4, 0.5) is 10.1 Å². The summed E-state index contributed by atoms with van der Waals surface area (Å²) in [5.74, 6) is -0.675. The van der Waals surface area contributed by atoms with Crippen molar-refractivity contribution in [1.82, 2.24) is 5.32 Å². The molecule has 1 amide bonds. The molecule has 1 aliphatic carbocycles. The number of aryl methyl sites for hydroxylation is 1. The standard InChI is InChI=1S/C34H37FN2O7S/c1-36-33(38)31-28-20-27(23-11-12-23)29(21-30(28)44-32(31)24-13-15-26(35)16-14-24)37(45(3,40)41)17-19-43-18-5-4-6-22-7-9-25(10-8-22)34(39)42-2/h7-10,13-16,20-21,23H,4-6,11-12,17-19H2,1-3H3,(H,36,38). The first-order valence-electron chi connectivity index (χ1n) is 14.9. The number of halogens is 1. The number of esters is 1. The summed E-state index contributed by atoms with van der Waals surface area (Å²) in [4.78, 5) is 24.6. The summed E-state index contributed by atoms with van der Waals surface area (Å²) in [6, 6.07) is 16.5. The molecule has 1 aromatic heterocycles. The molecule has 0 atom stereocenters. The Morgan fingerprint density at radius 3 is 2.36 bits per heavy atom. The third-order valence-corrected chi connectivity index (χ3v) is 9.08. The number of anilines is 1. The van der Waals surface area contributed by atoms with Gasteiger partial charge in [0.05, 0.1) is 43.3 Å². The van der Waals surface area contributed by atoms with Gasteiger partial charge in [-0.1, -0.05) is 12.1 Å². The molecule has 5 rings (SSSR count). The molecule has 45 heavy (non-hydrogen) atoms. The van der Waals surface area contributed by atoms with Gasteiger partial charge in [0.15, 0.2) is 0 Å². The normalized spacial score (nSPS) is 13.2. The highest BCUT2D eigenvalue weighted by atomic mass is 32.2. The molecule has 0 bridgehead atoms. The number of sulfonamides is 1. The van der Waals surface area contributed by atoms with Crippen LogP contribution in [0.5, 0.6) is 0 Å². The highest BCUT2D eigenvalue weighted by Gasteiger charge is 2.33. The average molecular weight is 637 g/mol. The summed E-state index contributed by atoms with van der Waals surface area (Å²) in [5, 5.41) is 3.23. The van der Waals surface area contributed by atoms with Gasteiger partial charge in [0.2, 0.25) is 10.0 Å². The molecule has 9 nitrogen and oxygen atoms in total. The minimum atomic E-state index is -3.68. The van der Waals surface area contributed by atoms with Crippen LogP contribution in [0.1, 0.15) is 63.4 Å². The minimum Gasteiger partial charge on any atom is -0.465 e. The van der Waals surface area contributed by atoms with E-state index in [1.54, 1.807) is 30.3 Å². The summed E-state index contributed by atoms with van der Waals surface area (Å²) in [5.41, 5.74) is 4.18. The van der Waals surface area contributed by atoms with E-state index in [0.717, 1.165) is 43.2 Å². The van der Waals surface area contributed by atoms with Gasteiger partial charge in [-0.15, -0.1) is 0 Å². The number of fused-ring (bicyclic) bond motifs is 1. The second-order valence-corrected chi connectivity index (χ2v) is 13.1. The molecule has 0 spiro atoms. The minimum absolute atomic E-state index is 0.118. The van der Waals surface area contributed by atoms with Gasteiger partial charge in [0, 0.05) is 30.7 Å². The Bertz CT molecular complexity index is 1780. The van der Waals surface area contributed by atoms with Gasteiger partial charge in [-0.2, -0.15) is 0 Å². The van der Waals surface area contributed by atoms with E-state index in [1.807, 2.05) is 18.2 Å². The van der Waals surface area contributed by atoms with Crippen LogP contribution >= 0.6 is 0 Å². The Kier molecular flexibility index (Phi) is 9.89. The van der Waals surface area contributed by atoms with E-state index < -0.39 is 15.8 Å². The Balaban J connectivity index is 1.31. The first kappa shape index (κ1) is 32.2. The summed E-state index contributed by atoms with van der Waals surface area (Å²) in [6.07, 6.45) is 5.48. The first-order chi connectivity index (χ1) is 21.6. The SMILES string of the molecule is CNC(=O)c1c(-c2ccc(F)cc2)oc2cc(N(CCOCCCCc3ccc(C(=O)OC)cc3)S(C)(=O)=O)c(C3CC3)cc12. The van der Waals surface area contributed by atoms with Crippen molar-refractivity contribution in [3.63, 3.8) is 0 Å². The molecule has 0 radical (unpaired) electrons. The second kappa shape index (κ2) is 13.8. The molecular formula is C34H37FN2O7S. The van der Waals surface area contributed by atoms with Crippen LogP contribution in [-0.2, 0) is 25.9 Å².